The molecular formula is C39H46N10O2S2. The van der Waals surface area contributed by atoms with Crippen LogP contribution in [0.25, 0.3) is 20.9 Å². The van der Waals surface area contributed by atoms with Gasteiger partial charge in [-0.25, -0.2) is 34.7 Å². The molecule has 0 aliphatic rings. The van der Waals surface area contributed by atoms with Gasteiger partial charge in [0.05, 0.1) is 31.2 Å². The number of nitrogens with two attached hydrogens (primary N) is 1. The summed E-state index contributed by atoms with van der Waals surface area (Å²) < 4.78 is 5.24. The third kappa shape index (κ3) is 13.1. The van der Waals surface area contributed by atoms with Crippen molar-refractivity contribution in [1.29, 1.82) is 0 Å². The van der Waals surface area contributed by atoms with Gasteiger partial charge in [-0.1, -0.05) is 0 Å². The molecule has 0 bridgehead atoms. The summed E-state index contributed by atoms with van der Waals surface area (Å²) in [6.07, 6.45) is 15.4. The molecule has 6 aromatic heterocycles. The fourth-order valence-corrected chi connectivity index (χ4v) is 7.16. The van der Waals surface area contributed by atoms with E-state index in [1.54, 1.807) is 47.5 Å². The zero-order chi connectivity index (χ0) is 37.6. The minimum absolute atomic E-state index is 0.393. The van der Waals surface area contributed by atoms with E-state index in [2.05, 4.69) is 51.3 Å². The van der Waals surface area contributed by atoms with Gasteiger partial charge in [0.25, 0.3) is 0 Å². The van der Waals surface area contributed by atoms with Gasteiger partial charge in [-0.3, -0.25) is 9.97 Å². The van der Waals surface area contributed by atoms with Crippen LogP contribution in [-0.4, -0.2) is 64.7 Å². The highest BCUT2D eigenvalue weighted by atomic mass is 32.1. The largest absolute Gasteiger partial charge is 0.444 e. The minimum Gasteiger partial charge on any atom is -0.444 e. The molecule has 0 aliphatic heterocycles. The molecule has 0 aliphatic carbocycles. The number of nitrogens with one attached hydrogen (secondary N) is 1. The normalized spacial score (nSPS) is 11.1. The van der Waals surface area contributed by atoms with E-state index >= 15 is 0 Å². The van der Waals surface area contributed by atoms with Crippen LogP contribution in [0.15, 0.2) is 73.6 Å². The van der Waals surface area contributed by atoms with E-state index in [0.29, 0.717) is 19.5 Å². The number of hydrogen-bond donors (Lipinski definition) is 2. The number of pyridine rings is 2. The molecule has 6 aromatic rings. The third-order valence-electron chi connectivity index (χ3n) is 7.50. The maximum absolute atomic E-state index is 11.7. The zero-order valence-electron chi connectivity index (χ0n) is 30.9. The molecule has 0 saturated carbocycles. The van der Waals surface area contributed by atoms with Gasteiger partial charge in [-0.05, 0) is 114 Å². The first-order valence-electron chi connectivity index (χ1n) is 17.6. The quantitative estimate of drug-likeness (QED) is 0.115. The van der Waals surface area contributed by atoms with Crippen molar-refractivity contribution in [2.24, 2.45) is 5.73 Å². The lowest BCUT2D eigenvalue weighted by Crippen LogP contribution is -2.33. The second-order valence-corrected chi connectivity index (χ2v) is 15.5. The van der Waals surface area contributed by atoms with Gasteiger partial charge < -0.3 is 15.8 Å². The van der Waals surface area contributed by atoms with Gasteiger partial charge in [-0.15, -0.1) is 22.7 Å². The Hall–Kier alpha value is -5.05. The Labute approximate surface area is 318 Å². The number of rotatable bonds is 13. The molecule has 0 aromatic carbocycles. The molecule has 0 atom stereocenters. The minimum atomic E-state index is -0.490. The molecule has 12 nitrogen and oxygen atoms in total. The number of aryl methyl sites for hydroxylation is 4. The molecule has 53 heavy (non-hydrogen) atoms. The lowest BCUT2D eigenvalue weighted by atomic mass is 10.2. The summed E-state index contributed by atoms with van der Waals surface area (Å²) in [5, 5.41) is 4.85. The van der Waals surface area contributed by atoms with Crippen LogP contribution >= 0.6 is 22.7 Å². The first-order chi connectivity index (χ1) is 25.5. The van der Waals surface area contributed by atoms with Crippen molar-refractivity contribution in [3.8, 4) is 20.9 Å². The molecule has 0 saturated heterocycles. The van der Waals surface area contributed by atoms with Crippen LogP contribution in [0.4, 0.5) is 4.79 Å². The van der Waals surface area contributed by atoms with Crippen LogP contribution in [0, 0.1) is 13.8 Å². The number of amides is 1. The SMILES string of the molecule is Cc1nc(CCCN)cc(Cc2ncc(-c3ccncc3)s2)n1.Cc1nc(CCCNC(=O)OC(C)(C)C)cc(Cc2ncc(-c3ccncc3)s2)n1. The molecule has 3 N–H and O–H groups in total. The highest BCUT2D eigenvalue weighted by Crippen LogP contribution is 2.28. The second-order valence-electron chi connectivity index (χ2n) is 13.3. The van der Waals surface area contributed by atoms with Crippen LogP contribution in [0.1, 0.15) is 78.1 Å². The predicted molar refractivity (Wildman–Crippen MR) is 210 cm³/mol. The van der Waals surface area contributed by atoms with Gasteiger partial charge in [0.2, 0.25) is 0 Å². The lowest BCUT2D eigenvalue weighted by Gasteiger charge is -2.19. The molecule has 6 heterocycles. The second kappa shape index (κ2) is 19.1. The van der Waals surface area contributed by atoms with Crippen LogP contribution in [0.2, 0.25) is 0 Å². The van der Waals surface area contributed by atoms with Crippen LogP contribution < -0.4 is 11.1 Å². The Morgan fingerprint density at radius 2 is 1.17 bits per heavy atom. The smallest absolute Gasteiger partial charge is 0.407 e. The van der Waals surface area contributed by atoms with Crippen molar-refractivity contribution in [3.63, 3.8) is 0 Å². The maximum atomic E-state index is 11.7. The van der Waals surface area contributed by atoms with E-state index in [-0.39, 0.29) is 0 Å². The van der Waals surface area contributed by atoms with Crippen molar-refractivity contribution < 1.29 is 9.53 Å². The topological polar surface area (TPSA) is 167 Å². The molecular weight excluding hydrogens is 705 g/mol. The summed E-state index contributed by atoms with van der Waals surface area (Å²) in [4.78, 5) is 49.3. The molecule has 1 amide bonds. The summed E-state index contributed by atoms with van der Waals surface area (Å²) in [5.41, 5.74) is 11.3. The zero-order valence-corrected chi connectivity index (χ0v) is 32.5. The third-order valence-corrected chi connectivity index (χ3v) is 9.60. The monoisotopic (exact) mass is 750 g/mol. The summed E-state index contributed by atoms with van der Waals surface area (Å²) >= 11 is 3.35. The molecule has 0 radical (unpaired) electrons. The number of carbonyl (C=O) groups is 1. The van der Waals surface area contributed by atoms with E-state index in [1.165, 1.54) is 0 Å². The predicted octanol–water partition coefficient (Wildman–Crippen LogP) is 7.14. The number of hydrogen-bond acceptors (Lipinski definition) is 13. The fourth-order valence-electron chi connectivity index (χ4n) is 5.28. The summed E-state index contributed by atoms with van der Waals surface area (Å²) in [6.45, 7) is 10.6. The molecule has 14 heteroatoms. The Morgan fingerprint density at radius 1 is 0.717 bits per heavy atom. The first kappa shape index (κ1) is 39.2. The number of nitrogens with zero attached hydrogens (tertiary/aromatic N) is 8. The number of alkyl carbamates (subject to hydrolysis) is 1. The summed E-state index contributed by atoms with van der Waals surface area (Å²) in [5.74, 6) is 1.55. The standard InChI is InChI=1S/C22H27N5O2S.C17H19N5S/c1-15-26-17(6-5-9-24-21(28)29-22(2,3)4)12-18(27-15)13-20-25-14-19(30-20)16-7-10-23-11-8-16;1-12-21-14(3-2-6-18)9-15(22-12)10-17-20-11-16(23-17)13-4-7-19-8-5-13/h7-8,10-12,14H,5-6,9,13H2,1-4H3,(H,24,28);4-5,7-9,11H,2-3,6,10,18H2,1H3. The molecule has 0 unspecified atom stereocenters. The Morgan fingerprint density at radius 3 is 1.62 bits per heavy atom. The van der Waals surface area contributed by atoms with Crippen LogP contribution in [-0.2, 0) is 30.4 Å². The van der Waals surface area contributed by atoms with Crippen molar-refractivity contribution in [1.82, 2.24) is 45.2 Å². The fraction of sp³-hybridized carbons (Fsp3) is 0.359. The average Bonchev–Trinajstić information content (AvgIpc) is 3.79. The molecule has 0 spiro atoms. The van der Waals surface area contributed by atoms with E-state index < -0.39 is 11.7 Å². The van der Waals surface area contributed by atoms with E-state index in [0.717, 1.165) is 97.4 Å². The Balaban J connectivity index is 0.000000211. The van der Waals surface area contributed by atoms with E-state index in [1.807, 2.05) is 77.3 Å². The number of aromatic nitrogens is 8. The Bertz CT molecular complexity index is 2050. The number of carbonyl (C=O) groups excluding carboxylic acids is 1. The van der Waals surface area contributed by atoms with Crippen LogP contribution in [0.5, 0.6) is 0 Å². The van der Waals surface area contributed by atoms with Crippen molar-refractivity contribution in [2.75, 3.05) is 13.1 Å². The van der Waals surface area contributed by atoms with Crippen molar-refractivity contribution in [2.45, 2.75) is 78.7 Å². The number of ether oxygens (including phenoxy) is 1. The van der Waals surface area contributed by atoms with E-state index in [9.17, 15) is 4.79 Å². The van der Waals surface area contributed by atoms with Crippen molar-refractivity contribution in [3.05, 3.63) is 118 Å². The maximum Gasteiger partial charge on any atom is 0.407 e. The molecule has 0 fully saturated rings. The van der Waals surface area contributed by atoms with Gasteiger partial charge in [-0.2, -0.15) is 0 Å². The van der Waals surface area contributed by atoms with Crippen LogP contribution in [0.3, 0.4) is 0 Å². The van der Waals surface area contributed by atoms with E-state index in [4.69, 9.17) is 10.5 Å². The molecule has 6 rings (SSSR count). The highest BCUT2D eigenvalue weighted by Gasteiger charge is 2.16. The highest BCUT2D eigenvalue weighted by molar-refractivity contribution is 7.15. The number of thiazole rings is 2. The molecule has 276 valence electrons. The van der Waals surface area contributed by atoms with Gasteiger partial charge >= 0.3 is 6.09 Å². The van der Waals surface area contributed by atoms with Gasteiger partial charge in [0, 0.05) is 68.0 Å². The first-order valence-corrected chi connectivity index (χ1v) is 19.2. The lowest BCUT2D eigenvalue weighted by molar-refractivity contribution is 0.0527. The summed E-state index contributed by atoms with van der Waals surface area (Å²) in [7, 11) is 0. The van der Waals surface area contributed by atoms with Gasteiger partial charge in [0.15, 0.2) is 0 Å². The Kier molecular flexibility index (Phi) is 14.2. The summed E-state index contributed by atoms with van der Waals surface area (Å²) in [6, 6.07) is 12.0. The average molecular weight is 751 g/mol. The van der Waals surface area contributed by atoms with Gasteiger partial charge in [0.1, 0.15) is 17.2 Å². The van der Waals surface area contributed by atoms with Crippen molar-refractivity contribution >= 4 is 28.8 Å².